The van der Waals surface area contributed by atoms with Gasteiger partial charge in [-0.05, 0) is 25.3 Å². The molecule has 0 amide bonds. The summed E-state index contributed by atoms with van der Waals surface area (Å²) in [4.78, 5) is 11.5. The van der Waals surface area contributed by atoms with Crippen molar-refractivity contribution in [2.45, 2.75) is 38.4 Å². The molecule has 1 saturated heterocycles. The van der Waals surface area contributed by atoms with Gasteiger partial charge in [0.05, 0.1) is 12.6 Å². The van der Waals surface area contributed by atoms with E-state index < -0.39 is 0 Å². The summed E-state index contributed by atoms with van der Waals surface area (Å²) in [6.07, 6.45) is 7.13. The van der Waals surface area contributed by atoms with E-state index in [4.69, 9.17) is 10.5 Å². The van der Waals surface area contributed by atoms with Crippen molar-refractivity contribution in [1.29, 1.82) is 0 Å². The predicted molar refractivity (Wildman–Crippen MR) is 91.6 cm³/mol. The smallest absolute Gasteiger partial charge is 0.195 e. The van der Waals surface area contributed by atoms with Crippen LogP contribution in [0.5, 0.6) is 0 Å². The molecule has 23 heavy (non-hydrogen) atoms. The summed E-state index contributed by atoms with van der Waals surface area (Å²) in [5.41, 5.74) is 9.59. The Balaban J connectivity index is 1.75. The van der Waals surface area contributed by atoms with E-state index in [-0.39, 0.29) is 6.17 Å². The van der Waals surface area contributed by atoms with Gasteiger partial charge in [-0.3, -0.25) is 0 Å². The van der Waals surface area contributed by atoms with Gasteiger partial charge in [0.15, 0.2) is 5.96 Å². The van der Waals surface area contributed by atoms with Crippen LogP contribution in [0.2, 0.25) is 0 Å². The van der Waals surface area contributed by atoms with Gasteiger partial charge >= 0.3 is 0 Å². The Morgan fingerprint density at radius 2 is 2.39 bits per heavy atom. The van der Waals surface area contributed by atoms with Gasteiger partial charge in [-0.25, -0.2) is 9.98 Å². The van der Waals surface area contributed by atoms with Crippen LogP contribution in [0.3, 0.4) is 0 Å². The quantitative estimate of drug-likeness (QED) is 0.865. The molecular weight excluding hydrogens is 310 g/mol. The number of aromatic nitrogens is 1. The molecule has 1 aromatic heterocycles. The van der Waals surface area contributed by atoms with Crippen molar-refractivity contribution in [2.75, 3.05) is 13.2 Å². The third-order valence-electron chi connectivity index (χ3n) is 4.60. The fraction of sp³-hybridized carbons (Fsp3) is 0.500. The maximum atomic E-state index is 5.97. The van der Waals surface area contributed by atoms with Crippen LogP contribution in [0.25, 0.3) is 5.57 Å². The number of ether oxygens (including phenoxy) is 1. The van der Waals surface area contributed by atoms with Gasteiger partial charge in [0.1, 0.15) is 11.2 Å². The van der Waals surface area contributed by atoms with Crippen LogP contribution in [0.4, 0.5) is 0 Å². The van der Waals surface area contributed by atoms with Crippen molar-refractivity contribution in [3.8, 4) is 0 Å². The normalized spacial score (nSPS) is 28.0. The highest BCUT2D eigenvalue weighted by Crippen LogP contribution is 2.37. The highest BCUT2D eigenvalue weighted by atomic mass is 32.1. The van der Waals surface area contributed by atoms with Crippen molar-refractivity contribution >= 4 is 22.9 Å². The number of nitrogens with two attached hydrogens (primary N) is 1. The molecule has 1 unspecified atom stereocenters. The number of aliphatic imine (C=N–C) groups is 1. The summed E-state index contributed by atoms with van der Waals surface area (Å²) in [7, 11) is 0. The molecule has 3 aliphatic rings. The minimum atomic E-state index is -0.0216. The summed E-state index contributed by atoms with van der Waals surface area (Å²) >= 11 is 1.68. The Morgan fingerprint density at radius 3 is 3.13 bits per heavy atom. The molecule has 2 atom stereocenters. The molecule has 122 valence electrons. The number of nitrogens with one attached hydrogen (secondary N) is 1. The summed E-state index contributed by atoms with van der Waals surface area (Å²) in [5, 5.41) is 6.27. The Hall–Kier alpha value is -1.86. The Labute approximate surface area is 139 Å². The van der Waals surface area contributed by atoms with E-state index in [9.17, 15) is 0 Å². The minimum Gasteiger partial charge on any atom is -0.379 e. The van der Waals surface area contributed by atoms with E-state index in [0.717, 1.165) is 43.2 Å². The average molecular weight is 331 g/mol. The lowest BCUT2D eigenvalue weighted by Gasteiger charge is -2.43. The zero-order valence-electron chi connectivity index (χ0n) is 13.2. The van der Waals surface area contributed by atoms with E-state index in [1.54, 1.807) is 11.3 Å². The lowest BCUT2D eigenvalue weighted by Crippen LogP contribution is -2.50. The van der Waals surface area contributed by atoms with Crippen LogP contribution in [0.15, 0.2) is 34.0 Å². The summed E-state index contributed by atoms with van der Waals surface area (Å²) in [6, 6.07) is 0.335. The van der Waals surface area contributed by atoms with Crippen molar-refractivity contribution < 1.29 is 4.74 Å². The maximum absolute atomic E-state index is 5.97. The number of rotatable bonds is 2. The first-order valence-electron chi connectivity index (χ1n) is 7.98. The molecule has 0 saturated carbocycles. The average Bonchev–Trinajstić information content (AvgIpc) is 3.09. The Morgan fingerprint density at radius 1 is 1.48 bits per heavy atom. The lowest BCUT2D eigenvalue weighted by atomic mass is 9.94. The molecule has 1 fully saturated rings. The molecular formula is C16H21N5OS. The summed E-state index contributed by atoms with van der Waals surface area (Å²) < 4.78 is 5.70. The fourth-order valence-electron chi connectivity index (χ4n) is 3.46. The number of hydrogen-bond donors (Lipinski definition) is 2. The summed E-state index contributed by atoms with van der Waals surface area (Å²) in [6.45, 7) is 3.67. The molecule has 6 nitrogen and oxygen atoms in total. The molecule has 0 aromatic carbocycles. The van der Waals surface area contributed by atoms with Gasteiger partial charge in [0.2, 0.25) is 0 Å². The maximum Gasteiger partial charge on any atom is 0.195 e. The molecule has 3 aliphatic heterocycles. The van der Waals surface area contributed by atoms with Crippen LogP contribution in [0, 0.1) is 0 Å². The minimum absolute atomic E-state index is 0.0216. The molecule has 4 rings (SSSR count). The molecule has 1 aromatic rings. The van der Waals surface area contributed by atoms with E-state index >= 15 is 0 Å². The van der Waals surface area contributed by atoms with Gasteiger partial charge in [-0.1, -0.05) is 0 Å². The summed E-state index contributed by atoms with van der Waals surface area (Å²) in [5.74, 6) is 0.490. The standard InChI is InChI=1S/C16H21N5OS/c1-10-13-7-11(15-18-4-6-23-15)8-21(12-3-2-5-22-9-12)14(13)20-16(17)19-10/h4,6,8,12,14H,2-3,5,7,9H2,1H3,(H3,17,19,20)/t12-,14?/m1/s1. The van der Waals surface area contributed by atoms with Crippen LogP contribution < -0.4 is 11.1 Å². The van der Waals surface area contributed by atoms with E-state index in [2.05, 4.69) is 33.3 Å². The monoisotopic (exact) mass is 331 g/mol. The van der Waals surface area contributed by atoms with Crippen LogP contribution >= 0.6 is 11.3 Å². The number of allylic oxidation sites excluding steroid dienone is 2. The van der Waals surface area contributed by atoms with E-state index in [0.29, 0.717) is 12.0 Å². The number of fused-ring (bicyclic) bond motifs is 1. The Kier molecular flexibility index (Phi) is 3.82. The van der Waals surface area contributed by atoms with Gasteiger partial charge in [-0.2, -0.15) is 0 Å². The second kappa shape index (κ2) is 5.98. The molecule has 0 radical (unpaired) electrons. The molecule has 4 heterocycles. The first-order valence-corrected chi connectivity index (χ1v) is 8.86. The topological polar surface area (TPSA) is 75.8 Å². The number of guanidine groups is 1. The third kappa shape index (κ3) is 2.74. The second-order valence-corrected chi connectivity index (χ2v) is 7.04. The van der Waals surface area contributed by atoms with Crippen LogP contribution in [-0.2, 0) is 4.74 Å². The molecule has 7 heteroatoms. The van der Waals surface area contributed by atoms with Gasteiger partial charge < -0.3 is 20.7 Å². The predicted octanol–water partition coefficient (Wildman–Crippen LogP) is 1.89. The first kappa shape index (κ1) is 14.7. The largest absolute Gasteiger partial charge is 0.379 e. The second-order valence-electron chi connectivity index (χ2n) is 6.15. The molecule has 0 spiro atoms. The molecule has 3 N–H and O–H groups in total. The Bertz CT molecular complexity index is 673. The molecule has 0 bridgehead atoms. The highest BCUT2D eigenvalue weighted by molar-refractivity contribution is 7.10. The molecule has 0 aliphatic carbocycles. The number of nitrogens with zero attached hydrogens (tertiary/aromatic N) is 3. The van der Waals surface area contributed by atoms with Crippen molar-refractivity contribution in [3.63, 3.8) is 0 Å². The van der Waals surface area contributed by atoms with Gasteiger partial charge in [-0.15, -0.1) is 11.3 Å². The van der Waals surface area contributed by atoms with Crippen molar-refractivity contribution in [3.05, 3.63) is 34.1 Å². The van der Waals surface area contributed by atoms with Crippen LogP contribution in [-0.4, -0.2) is 41.3 Å². The SMILES string of the molecule is CC1=C2CC(c3nccs3)=CN([C@@H]3CCCOC3)C2N=C(N)N1. The number of hydrogen-bond acceptors (Lipinski definition) is 7. The zero-order chi connectivity index (χ0) is 15.8. The van der Waals surface area contributed by atoms with Crippen LogP contribution in [0.1, 0.15) is 31.2 Å². The lowest BCUT2D eigenvalue weighted by molar-refractivity contribution is 0.0253. The first-order chi connectivity index (χ1) is 11.2. The van der Waals surface area contributed by atoms with Gasteiger partial charge in [0.25, 0.3) is 0 Å². The third-order valence-corrected chi connectivity index (χ3v) is 5.45. The van der Waals surface area contributed by atoms with Gasteiger partial charge in [0, 0.05) is 42.1 Å². The van der Waals surface area contributed by atoms with Crippen molar-refractivity contribution in [1.82, 2.24) is 15.2 Å². The fourth-order valence-corrected chi connectivity index (χ4v) is 4.11. The van der Waals surface area contributed by atoms with E-state index in [1.807, 2.05) is 11.6 Å². The highest BCUT2D eigenvalue weighted by Gasteiger charge is 2.35. The number of thiazole rings is 1. The van der Waals surface area contributed by atoms with E-state index in [1.165, 1.54) is 11.1 Å². The van der Waals surface area contributed by atoms with Crippen molar-refractivity contribution in [2.24, 2.45) is 10.7 Å². The zero-order valence-corrected chi connectivity index (χ0v) is 14.0.